The fraction of sp³-hybridized carbons (Fsp3) is 0.278. The first kappa shape index (κ1) is 18.8. The Hall–Kier alpha value is -2.94. The van der Waals surface area contributed by atoms with E-state index in [1.807, 2.05) is 0 Å². The molecule has 2 N–H and O–H groups in total. The van der Waals surface area contributed by atoms with E-state index >= 15 is 0 Å². The van der Waals surface area contributed by atoms with E-state index in [1.54, 1.807) is 30.3 Å². The van der Waals surface area contributed by atoms with Gasteiger partial charge in [-0.15, -0.1) is 0 Å². The van der Waals surface area contributed by atoms with Gasteiger partial charge in [-0.2, -0.15) is 0 Å². The van der Waals surface area contributed by atoms with E-state index in [0.717, 1.165) is 0 Å². The number of esters is 1. The third-order valence-corrected chi connectivity index (χ3v) is 5.91. The number of benzene rings is 1. The van der Waals surface area contributed by atoms with Crippen molar-refractivity contribution in [2.24, 2.45) is 0 Å². The summed E-state index contributed by atoms with van der Waals surface area (Å²) >= 11 is 0. The molecule has 27 heavy (non-hydrogen) atoms. The van der Waals surface area contributed by atoms with Crippen LogP contribution in [0.5, 0.6) is 0 Å². The molecule has 9 heteroatoms. The number of nitrogens with zero attached hydrogens (tertiary/aromatic N) is 1. The molecular weight excluding hydrogens is 370 g/mol. The highest BCUT2D eigenvalue weighted by atomic mass is 32.2. The van der Waals surface area contributed by atoms with Gasteiger partial charge in [0.15, 0.2) is 9.84 Å². The number of sulfone groups is 1. The highest BCUT2D eigenvalue weighted by molar-refractivity contribution is 7.91. The Morgan fingerprint density at radius 3 is 2.70 bits per heavy atom. The third-order valence-electron chi connectivity index (χ3n) is 4.14. The van der Waals surface area contributed by atoms with Gasteiger partial charge in [0.2, 0.25) is 0 Å². The van der Waals surface area contributed by atoms with Gasteiger partial charge in [0, 0.05) is 23.6 Å². The molecule has 1 aromatic heterocycles. The van der Waals surface area contributed by atoms with Crippen molar-refractivity contribution in [3.05, 3.63) is 53.9 Å². The van der Waals surface area contributed by atoms with Crippen LogP contribution in [0.3, 0.4) is 0 Å². The van der Waals surface area contributed by atoms with Crippen molar-refractivity contribution in [1.82, 2.24) is 4.98 Å². The van der Waals surface area contributed by atoms with Crippen LogP contribution in [0, 0.1) is 0 Å². The SMILES string of the molecule is COC(=O)c1cccc(NC(=O)c2cc(NC3CCS(=O)(=O)C3)ccn2)c1. The number of pyridine rings is 1. The van der Waals surface area contributed by atoms with Crippen LogP contribution in [0.25, 0.3) is 0 Å². The van der Waals surface area contributed by atoms with Gasteiger partial charge in [0.1, 0.15) is 5.69 Å². The number of methoxy groups -OCH3 is 1. The van der Waals surface area contributed by atoms with Gasteiger partial charge in [-0.25, -0.2) is 13.2 Å². The molecule has 0 radical (unpaired) electrons. The number of hydrogen-bond donors (Lipinski definition) is 2. The molecule has 1 aromatic carbocycles. The predicted octanol–water partition coefficient (Wildman–Crippen LogP) is 1.72. The Balaban J connectivity index is 1.70. The molecular formula is C18H19N3O5S. The zero-order valence-corrected chi connectivity index (χ0v) is 15.5. The number of carbonyl (C=O) groups is 2. The molecule has 0 spiro atoms. The van der Waals surface area contributed by atoms with E-state index in [9.17, 15) is 18.0 Å². The molecule has 8 nitrogen and oxygen atoms in total. The van der Waals surface area contributed by atoms with Crippen molar-refractivity contribution in [2.45, 2.75) is 12.5 Å². The number of rotatable bonds is 5. The largest absolute Gasteiger partial charge is 0.465 e. The summed E-state index contributed by atoms with van der Waals surface area (Å²) in [4.78, 5) is 28.1. The highest BCUT2D eigenvalue weighted by Gasteiger charge is 2.27. The van der Waals surface area contributed by atoms with Crippen LogP contribution in [0.4, 0.5) is 11.4 Å². The molecule has 1 fully saturated rings. The molecule has 1 amide bonds. The zero-order valence-electron chi connectivity index (χ0n) is 14.6. The summed E-state index contributed by atoms with van der Waals surface area (Å²) in [6.45, 7) is 0. The number of aromatic nitrogens is 1. The Bertz CT molecular complexity index is 974. The topological polar surface area (TPSA) is 114 Å². The summed E-state index contributed by atoms with van der Waals surface area (Å²) in [5.41, 5.74) is 1.55. The molecule has 1 aliphatic heterocycles. The first-order valence-electron chi connectivity index (χ1n) is 8.29. The van der Waals surface area contributed by atoms with E-state index < -0.39 is 21.7 Å². The minimum absolute atomic E-state index is 0.0805. The fourth-order valence-electron chi connectivity index (χ4n) is 2.83. The van der Waals surface area contributed by atoms with Gasteiger partial charge in [-0.1, -0.05) is 6.07 Å². The van der Waals surface area contributed by atoms with Crippen molar-refractivity contribution in [2.75, 3.05) is 29.2 Å². The Labute approximate surface area is 156 Å². The fourth-order valence-corrected chi connectivity index (χ4v) is 4.50. The van der Waals surface area contributed by atoms with Crippen LogP contribution < -0.4 is 10.6 Å². The smallest absolute Gasteiger partial charge is 0.337 e. The third kappa shape index (κ3) is 4.82. The molecule has 1 saturated heterocycles. The van der Waals surface area contributed by atoms with Gasteiger partial charge in [-0.05, 0) is 36.8 Å². The Morgan fingerprint density at radius 2 is 2.00 bits per heavy atom. The summed E-state index contributed by atoms with van der Waals surface area (Å²) in [5.74, 6) is -0.696. The Kier molecular flexibility index (Phi) is 5.41. The average Bonchev–Trinajstić information content (AvgIpc) is 2.99. The number of amides is 1. The van der Waals surface area contributed by atoms with Crippen molar-refractivity contribution in [3.63, 3.8) is 0 Å². The molecule has 1 atom stereocenters. The lowest BCUT2D eigenvalue weighted by atomic mass is 10.2. The average molecular weight is 389 g/mol. The van der Waals surface area contributed by atoms with Gasteiger partial charge in [0.25, 0.3) is 5.91 Å². The molecule has 0 bridgehead atoms. The minimum Gasteiger partial charge on any atom is -0.465 e. The van der Waals surface area contributed by atoms with Gasteiger partial charge >= 0.3 is 5.97 Å². The van der Waals surface area contributed by atoms with Crippen LogP contribution in [-0.2, 0) is 14.6 Å². The van der Waals surface area contributed by atoms with Crippen LogP contribution >= 0.6 is 0 Å². The second-order valence-corrected chi connectivity index (χ2v) is 8.43. The van der Waals surface area contributed by atoms with E-state index in [4.69, 9.17) is 0 Å². The van der Waals surface area contributed by atoms with E-state index in [1.165, 1.54) is 19.4 Å². The zero-order chi connectivity index (χ0) is 19.4. The quantitative estimate of drug-likeness (QED) is 0.748. The monoisotopic (exact) mass is 389 g/mol. The molecule has 1 aliphatic rings. The lowest BCUT2D eigenvalue weighted by molar-refractivity contribution is 0.0600. The first-order chi connectivity index (χ1) is 12.9. The lowest BCUT2D eigenvalue weighted by Gasteiger charge is -2.13. The molecule has 2 aromatic rings. The maximum Gasteiger partial charge on any atom is 0.337 e. The minimum atomic E-state index is -2.99. The highest BCUT2D eigenvalue weighted by Crippen LogP contribution is 2.18. The summed E-state index contributed by atoms with van der Waals surface area (Å²) < 4.78 is 27.8. The van der Waals surface area contributed by atoms with Crippen molar-refractivity contribution in [3.8, 4) is 0 Å². The van der Waals surface area contributed by atoms with Crippen molar-refractivity contribution >= 4 is 33.1 Å². The molecule has 142 valence electrons. The second kappa shape index (κ2) is 7.75. The predicted molar refractivity (Wildman–Crippen MR) is 101 cm³/mol. The van der Waals surface area contributed by atoms with Gasteiger partial charge < -0.3 is 15.4 Å². The van der Waals surface area contributed by atoms with Crippen molar-refractivity contribution < 1.29 is 22.7 Å². The number of nitrogens with one attached hydrogen (secondary N) is 2. The standard InChI is InChI=1S/C18H19N3O5S/c1-26-18(23)12-3-2-4-13(9-12)21-17(22)16-10-14(5-7-19-16)20-15-6-8-27(24,25)11-15/h2-5,7,9-10,15H,6,8,11H2,1H3,(H,19,20)(H,21,22). The molecule has 3 rings (SSSR count). The first-order valence-corrected chi connectivity index (χ1v) is 10.1. The van der Waals surface area contributed by atoms with E-state index in [2.05, 4.69) is 20.4 Å². The van der Waals surface area contributed by atoms with Crippen LogP contribution in [-0.4, -0.2) is 49.9 Å². The normalized spacial score (nSPS) is 17.9. The van der Waals surface area contributed by atoms with E-state index in [-0.39, 0.29) is 23.2 Å². The maximum absolute atomic E-state index is 12.4. The molecule has 0 aliphatic carbocycles. The summed E-state index contributed by atoms with van der Waals surface area (Å²) in [6.07, 6.45) is 2.01. The van der Waals surface area contributed by atoms with Crippen LogP contribution in [0.15, 0.2) is 42.6 Å². The molecule has 0 saturated carbocycles. The summed E-state index contributed by atoms with van der Waals surface area (Å²) in [5, 5.41) is 5.81. The van der Waals surface area contributed by atoms with Gasteiger partial charge in [-0.3, -0.25) is 9.78 Å². The summed E-state index contributed by atoms with van der Waals surface area (Å²) in [7, 11) is -1.71. The summed E-state index contributed by atoms with van der Waals surface area (Å²) in [6, 6.07) is 9.44. The molecule has 2 heterocycles. The van der Waals surface area contributed by atoms with Crippen molar-refractivity contribution in [1.29, 1.82) is 0 Å². The lowest BCUT2D eigenvalue weighted by Crippen LogP contribution is -2.21. The number of ether oxygens (including phenoxy) is 1. The maximum atomic E-state index is 12.4. The number of carbonyl (C=O) groups excluding carboxylic acids is 2. The van der Waals surface area contributed by atoms with E-state index in [0.29, 0.717) is 23.4 Å². The molecule has 1 unspecified atom stereocenters. The van der Waals surface area contributed by atoms with Crippen LogP contribution in [0.1, 0.15) is 27.3 Å². The Morgan fingerprint density at radius 1 is 1.19 bits per heavy atom. The van der Waals surface area contributed by atoms with Gasteiger partial charge in [0.05, 0.1) is 24.2 Å². The van der Waals surface area contributed by atoms with Crippen LogP contribution in [0.2, 0.25) is 0 Å². The number of anilines is 2. The number of hydrogen-bond acceptors (Lipinski definition) is 7. The second-order valence-electron chi connectivity index (χ2n) is 6.20.